The molecule has 0 unspecified atom stereocenters. The quantitative estimate of drug-likeness (QED) is 0.0675. The molecule has 0 atom stereocenters. The number of nitrogens with one attached hydrogen (secondary N) is 4. The van der Waals surface area contributed by atoms with Gasteiger partial charge in [-0.3, -0.25) is 0 Å². The topological polar surface area (TPSA) is 277 Å². The SMILES string of the molecule is OB(O)c1ccc(-c2c3nc(c(-c4c5nc(c(-c6ccc(B(O)O)cc6)c6ccc(cc7nc(c(-c8ccc(B(O)O)cc8)c8ccc4[nH]8)C=C7)[nH]6)C=C5)c4ccc([nH]4)c(-c4ccc(B(O)O)cc4)c4nc(cc5ccc2[nH]5)C=C4)C=C3)cc1. The number of benzene rings is 4. The van der Waals surface area contributed by atoms with E-state index in [0.717, 1.165) is 66.6 Å². The standard InChI is InChI=1S/C64H46B4N8O8/c77-65(78)39-9-1-35(2-10-39)59-47-21-17-43(69-47)33-44-18-22-48(70-44)60(36-3-11-40(12-4-36)66(79)80)52-26-30-56(74-52)63(55-29-25-51(59)73-55)64-57-31-27-53(75-57)61(37-5-13-41(14-6-37)67(81)82)49-23-19-45(71-49)34-46-20-24-50(72-46)62(54-28-32-58(64)76-54)38-7-15-42(16-8-38)68(83)84/h1-34,69,71,74,76-84H. The molecule has 4 aromatic carbocycles. The van der Waals surface area contributed by atoms with E-state index < -0.39 is 28.5 Å². The molecule has 0 spiro atoms. The summed E-state index contributed by atoms with van der Waals surface area (Å²) in [5, 5.41) is 81.0. The van der Waals surface area contributed by atoms with Gasteiger partial charge in [0, 0.05) is 77.5 Å². The van der Waals surface area contributed by atoms with Gasteiger partial charge in [0.15, 0.2) is 0 Å². The number of hydrogen-bond donors (Lipinski definition) is 12. The predicted molar refractivity (Wildman–Crippen MR) is 338 cm³/mol. The molecule has 0 aliphatic carbocycles. The first-order chi connectivity index (χ1) is 40.8. The van der Waals surface area contributed by atoms with Crippen LogP contribution in [0.3, 0.4) is 0 Å². The lowest BCUT2D eigenvalue weighted by molar-refractivity contribution is 0.424. The van der Waals surface area contributed by atoms with Gasteiger partial charge in [0.05, 0.1) is 45.6 Å². The second-order valence-electron chi connectivity index (χ2n) is 20.7. The van der Waals surface area contributed by atoms with E-state index in [1.807, 2.05) is 158 Å². The highest BCUT2D eigenvalue weighted by Crippen LogP contribution is 2.41. The largest absolute Gasteiger partial charge is 0.488 e. The Labute approximate surface area is 479 Å². The summed E-state index contributed by atoms with van der Waals surface area (Å²) in [5.74, 6) is 0. The molecule has 4 aliphatic heterocycles. The van der Waals surface area contributed by atoms with Crippen LogP contribution in [0, 0.1) is 0 Å². The van der Waals surface area contributed by atoms with Gasteiger partial charge in [0.25, 0.3) is 0 Å². The number of fused-ring (bicyclic) bond motifs is 16. The van der Waals surface area contributed by atoms with Crippen LogP contribution in [-0.4, -0.2) is 109 Å². The van der Waals surface area contributed by atoms with Gasteiger partial charge in [-0.15, -0.1) is 0 Å². The van der Waals surface area contributed by atoms with E-state index in [2.05, 4.69) is 19.9 Å². The van der Waals surface area contributed by atoms with Crippen molar-refractivity contribution >= 4 is 143 Å². The smallest absolute Gasteiger partial charge is 0.423 e. The molecule has 0 fully saturated rings. The Balaban J connectivity index is 1.15. The molecule has 10 aromatic rings. The van der Waals surface area contributed by atoms with Gasteiger partial charge in [-0.25, -0.2) is 19.9 Å². The molecule has 6 aromatic heterocycles. The van der Waals surface area contributed by atoms with Crippen molar-refractivity contribution in [2.75, 3.05) is 0 Å². The predicted octanol–water partition coefficient (Wildman–Crippen LogP) is 6.68. The van der Waals surface area contributed by atoms with E-state index in [4.69, 9.17) is 19.9 Å². The summed E-state index contributed by atoms with van der Waals surface area (Å²) < 4.78 is 0. The second-order valence-corrected chi connectivity index (χ2v) is 20.7. The van der Waals surface area contributed by atoms with E-state index in [0.29, 0.717) is 101 Å². The molecule has 0 saturated carbocycles. The number of hydrogen-bond acceptors (Lipinski definition) is 12. The van der Waals surface area contributed by atoms with Gasteiger partial charge in [0.2, 0.25) is 0 Å². The molecule has 14 rings (SSSR count). The molecule has 84 heavy (non-hydrogen) atoms. The van der Waals surface area contributed by atoms with Gasteiger partial charge < -0.3 is 60.1 Å². The lowest BCUT2D eigenvalue weighted by atomic mass is 9.80. The van der Waals surface area contributed by atoms with Gasteiger partial charge in [-0.05, 0) is 153 Å². The van der Waals surface area contributed by atoms with Crippen LogP contribution in [0.1, 0.15) is 45.6 Å². The number of nitrogens with zero attached hydrogens (tertiary/aromatic N) is 4. The third kappa shape index (κ3) is 9.65. The molecule has 0 radical (unpaired) electrons. The summed E-state index contributed by atoms with van der Waals surface area (Å²) in [6, 6.07) is 47.8. The van der Waals surface area contributed by atoms with Gasteiger partial charge >= 0.3 is 28.5 Å². The van der Waals surface area contributed by atoms with Gasteiger partial charge in [-0.2, -0.15) is 0 Å². The first kappa shape index (κ1) is 52.1. The molecule has 0 saturated heterocycles. The second kappa shape index (κ2) is 21.1. The molecule has 0 amide bonds. The summed E-state index contributed by atoms with van der Waals surface area (Å²) in [6.07, 6.45) is 15.6. The average molecular weight is 1100 g/mol. The van der Waals surface area contributed by atoms with E-state index in [9.17, 15) is 40.2 Å². The molecule has 12 N–H and O–H groups in total. The molecule has 4 aliphatic rings. The van der Waals surface area contributed by atoms with Crippen molar-refractivity contribution in [3.05, 3.63) is 203 Å². The highest BCUT2D eigenvalue weighted by molar-refractivity contribution is 6.59. The molecule has 402 valence electrons. The summed E-state index contributed by atoms with van der Waals surface area (Å²) >= 11 is 0. The number of aromatic amines is 4. The zero-order chi connectivity index (χ0) is 57.3. The van der Waals surface area contributed by atoms with E-state index in [1.54, 1.807) is 48.5 Å². The summed E-state index contributed by atoms with van der Waals surface area (Å²) in [7, 11) is -6.68. The van der Waals surface area contributed by atoms with Crippen molar-refractivity contribution in [2.24, 2.45) is 0 Å². The maximum Gasteiger partial charge on any atom is 0.488 e. The Morgan fingerprint density at radius 1 is 0.238 bits per heavy atom. The normalized spacial score (nSPS) is 12.3. The maximum absolute atomic E-state index is 10.1. The number of H-pyrrole nitrogens is 4. The van der Waals surface area contributed by atoms with Crippen LogP contribution >= 0.6 is 0 Å². The molecular weight excluding hydrogens is 1050 g/mol. The minimum atomic E-state index is -1.67. The molecule has 10 heterocycles. The van der Waals surface area contributed by atoms with Crippen molar-refractivity contribution < 1.29 is 40.2 Å². The van der Waals surface area contributed by atoms with Crippen molar-refractivity contribution in [3.8, 4) is 55.6 Å². The van der Waals surface area contributed by atoms with Crippen molar-refractivity contribution in [1.29, 1.82) is 0 Å². The van der Waals surface area contributed by atoms with E-state index in [1.165, 1.54) is 0 Å². The third-order valence-corrected chi connectivity index (χ3v) is 15.4. The van der Waals surface area contributed by atoms with Crippen LogP contribution in [0.15, 0.2) is 158 Å². The molecule has 20 heteroatoms. The number of rotatable bonds is 9. The third-order valence-electron chi connectivity index (χ3n) is 15.4. The van der Waals surface area contributed by atoms with E-state index in [-0.39, 0.29) is 0 Å². The Hall–Kier alpha value is -9.98. The molecular formula is C64H46B4N8O8. The maximum atomic E-state index is 10.1. The zero-order valence-corrected chi connectivity index (χ0v) is 44.3. The Bertz CT molecular complexity index is 4390. The molecule has 16 nitrogen and oxygen atoms in total. The summed E-state index contributed by atoms with van der Waals surface area (Å²) in [4.78, 5) is 36.3. The average Bonchev–Trinajstić information content (AvgIpc) is 3.91. The van der Waals surface area contributed by atoms with Gasteiger partial charge in [0.1, 0.15) is 0 Å². The van der Waals surface area contributed by atoms with E-state index >= 15 is 0 Å². The van der Waals surface area contributed by atoms with Crippen LogP contribution in [-0.2, 0) is 0 Å². The van der Waals surface area contributed by atoms with Gasteiger partial charge in [-0.1, -0.05) is 97.1 Å². The van der Waals surface area contributed by atoms with Crippen LogP contribution in [0.4, 0.5) is 0 Å². The fourth-order valence-corrected chi connectivity index (χ4v) is 11.3. The number of aromatic nitrogens is 8. The highest BCUT2D eigenvalue weighted by Gasteiger charge is 2.24. The lowest BCUT2D eigenvalue weighted by Gasteiger charge is -2.09. The summed E-state index contributed by atoms with van der Waals surface area (Å²) in [6.45, 7) is 0. The highest BCUT2D eigenvalue weighted by atomic mass is 16.4. The van der Waals surface area contributed by atoms with Crippen LogP contribution in [0.5, 0.6) is 0 Å². The first-order valence-corrected chi connectivity index (χ1v) is 27.0. The monoisotopic (exact) mass is 1100 g/mol. The fourth-order valence-electron chi connectivity index (χ4n) is 11.3. The van der Waals surface area contributed by atoms with Crippen molar-refractivity contribution in [3.63, 3.8) is 0 Å². The lowest BCUT2D eigenvalue weighted by Crippen LogP contribution is -2.29. The zero-order valence-electron chi connectivity index (χ0n) is 44.3. The minimum Gasteiger partial charge on any atom is -0.423 e. The van der Waals surface area contributed by atoms with Crippen LogP contribution in [0.2, 0.25) is 0 Å². The first-order valence-electron chi connectivity index (χ1n) is 27.0. The Morgan fingerprint density at radius 3 is 0.774 bits per heavy atom. The van der Waals surface area contributed by atoms with Crippen molar-refractivity contribution in [2.45, 2.75) is 0 Å². The molecule has 16 bridgehead atoms. The Morgan fingerprint density at radius 2 is 0.476 bits per heavy atom. The Kier molecular flexibility index (Phi) is 13.1. The van der Waals surface area contributed by atoms with Crippen LogP contribution in [0.25, 0.3) is 148 Å². The van der Waals surface area contributed by atoms with Crippen molar-refractivity contribution in [1.82, 2.24) is 39.9 Å². The van der Waals surface area contributed by atoms with Crippen LogP contribution < -0.4 is 21.9 Å². The fraction of sp³-hybridized carbons (Fsp3) is 0. The summed E-state index contributed by atoms with van der Waals surface area (Å²) in [5.41, 5.74) is 19.3. The minimum absolute atomic E-state index is 0.328.